The summed E-state index contributed by atoms with van der Waals surface area (Å²) in [5.41, 5.74) is 2.63. The van der Waals surface area contributed by atoms with Crippen molar-refractivity contribution in [1.82, 2.24) is 10.2 Å². The SMILES string of the molecule is CCNCc1cc(Cl)ccc1N1CCN(C)CC1. The molecule has 0 radical (unpaired) electrons. The van der Waals surface area contributed by atoms with Crippen LogP contribution in [0.25, 0.3) is 0 Å². The van der Waals surface area contributed by atoms with E-state index >= 15 is 0 Å². The Morgan fingerprint density at radius 3 is 2.61 bits per heavy atom. The number of anilines is 1. The fourth-order valence-corrected chi connectivity index (χ4v) is 2.51. The molecule has 0 bridgehead atoms. The molecule has 1 aliphatic heterocycles. The van der Waals surface area contributed by atoms with Crippen molar-refractivity contribution in [2.75, 3.05) is 44.7 Å². The predicted octanol–water partition coefficient (Wildman–Crippen LogP) is 2.20. The summed E-state index contributed by atoms with van der Waals surface area (Å²) in [6.45, 7) is 8.44. The lowest BCUT2D eigenvalue weighted by Gasteiger charge is -2.35. The van der Waals surface area contributed by atoms with Gasteiger partial charge in [-0.2, -0.15) is 0 Å². The van der Waals surface area contributed by atoms with Gasteiger partial charge in [-0.05, 0) is 37.4 Å². The second-order valence-electron chi connectivity index (χ2n) is 4.84. The highest BCUT2D eigenvalue weighted by molar-refractivity contribution is 6.30. The molecule has 1 aromatic carbocycles. The lowest BCUT2D eigenvalue weighted by Crippen LogP contribution is -2.44. The highest BCUT2D eigenvalue weighted by Gasteiger charge is 2.16. The molecule has 18 heavy (non-hydrogen) atoms. The number of benzene rings is 1. The van der Waals surface area contributed by atoms with E-state index in [1.807, 2.05) is 6.07 Å². The Morgan fingerprint density at radius 1 is 1.22 bits per heavy atom. The van der Waals surface area contributed by atoms with E-state index < -0.39 is 0 Å². The van der Waals surface area contributed by atoms with Gasteiger partial charge in [-0.25, -0.2) is 0 Å². The maximum absolute atomic E-state index is 6.10. The second-order valence-corrected chi connectivity index (χ2v) is 5.28. The van der Waals surface area contributed by atoms with Crippen molar-refractivity contribution in [3.63, 3.8) is 0 Å². The summed E-state index contributed by atoms with van der Waals surface area (Å²) in [5.74, 6) is 0. The Bertz CT molecular complexity index is 387. The van der Waals surface area contributed by atoms with Gasteiger partial charge in [0.05, 0.1) is 0 Å². The molecule has 4 heteroatoms. The van der Waals surface area contributed by atoms with Crippen LogP contribution in [0.4, 0.5) is 5.69 Å². The Labute approximate surface area is 115 Å². The van der Waals surface area contributed by atoms with Crippen LogP contribution in [0.15, 0.2) is 18.2 Å². The largest absolute Gasteiger partial charge is 0.369 e. The molecule has 1 N–H and O–H groups in total. The van der Waals surface area contributed by atoms with E-state index in [1.165, 1.54) is 11.3 Å². The maximum Gasteiger partial charge on any atom is 0.0413 e. The molecule has 0 aliphatic carbocycles. The highest BCUT2D eigenvalue weighted by Crippen LogP contribution is 2.25. The quantitative estimate of drug-likeness (QED) is 0.902. The summed E-state index contributed by atoms with van der Waals surface area (Å²) >= 11 is 6.10. The third kappa shape index (κ3) is 3.37. The summed E-state index contributed by atoms with van der Waals surface area (Å²) in [6.07, 6.45) is 0. The molecular weight excluding hydrogens is 246 g/mol. The van der Waals surface area contributed by atoms with Gasteiger partial charge in [-0.15, -0.1) is 0 Å². The molecule has 1 saturated heterocycles. The van der Waals surface area contributed by atoms with Crippen molar-refractivity contribution < 1.29 is 0 Å². The fraction of sp³-hybridized carbons (Fsp3) is 0.571. The van der Waals surface area contributed by atoms with Crippen molar-refractivity contribution in [1.29, 1.82) is 0 Å². The normalized spacial score (nSPS) is 17.2. The van der Waals surface area contributed by atoms with E-state index in [0.717, 1.165) is 44.3 Å². The lowest BCUT2D eigenvalue weighted by molar-refractivity contribution is 0.312. The first-order valence-electron chi connectivity index (χ1n) is 6.63. The average Bonchev–Trinajstić information content (AvgIpc) is 2.38. The van der Waals surface area contributed by atoms with Crippen molar-refractivity contribution >= 4 is 17.3 Å². The number of piperazine rings is 1. The van der Waals surface area contributed by atoms with E-state index in [2.05, 4.69) is 41.2 Å². The molecule has 1 aliphatic rings. The zero-order valence-electron chi connectivity index (χ0n) is 11.2. The molecule has 0 spiro atoms. The molecule has 0 unspecified atom stereocenters. The summed E-state index contributed by atoms with van der Waals surface area (Å²) in [5, 5.41) is 4.20. The number of likely N-dealkylation sites (N-methyl/N-ethyl adjacent to an activating group) is 1. The van der Waals surface area contributed by atoms with Crippen molar-refractivity contribution in [3.8, 4) is 0 Å². The van der Waals surface area contributed by atoms with Crippen LogP contribution < -0.4 is 10.2 Å². The van der Waals surface area contributed by atoms with Crippen LogP contribution in [-0.2, 0) is 6.54 Å². The first-order chi connectivity index (χ1) is 8.70. The van der Waals surface area contributed by atoms with Gasteiger partial charge in [-0.1, -0.05) is 18.5 Å². The third-order valence-corrected chi connectivity index (χ3v) is 3.69. The van der Waals surface area contributed by atoms with Crippen molar-refractivity contribution in [2.24, 2.45) is 0 Å². The monoisotopic (exact) mass is 267 g/mol. The molecule has 1 aromatic rings. The fourth-order valence-electron chi connectivity index (χ4n) is 2.31. The summed E-state index contributed by atoms with van der Waals surface area (Å²) < 4.78 is 0. The topological polar surface area (TPSA) is 18.5 Å². The number of halogens is 1. The smallest absolute Gasteiger partial charge is 0.0413 e. The molecule has 100 valence electrons. The molecule has 2 rings (SSSR count). The number of hydrogen-bond donors (Lipinski definition) is 1. The first kappa shape index (κ1) is 13.7. The lowest BCUT2D eigenvalue weighted by atomic mass is 10.1. The maximum atomic E-state index is 6.10. The van der Waals surface area contributed by atoms with E-state index in [1.54, 1.807) is 0 Å². The zero-order chi connectivity index (χ0) is 13.0. The van der Waals surface area contributed by atoms with Crippen molar-refractivity contribution in [2.45, 2.75) is 13.5 Å². The van der Waals surface area contributed by atoms with Gasteiger partial charge in [0.15, 0.2) is 0 Å². The van der Waals surface area contributed by atoms with Gasteiger partial charge in [0.1, 0.15) is 0 Å². The second kappa shape index (κ2) is 6.41. The molecule has 0 saturated carbocycles. The number of rotatable bonds is 4. The van der Waals surface area contributed by atoms with E-state index in [-0.39, 0.29) is 0 Å². The number of hydrogen-bond acceptors (Lipinski definition) is 3. The average molecular weight is 268 g/mol. The van der Waals surface area contributed by atoms with Crippen LogP contribution >= 0.6 is 11.6 Å². The van der Waals surface area contributed by atoms with Crippen LogP contribution in [-0.4, -0.2) is 44.7 Å². The first-order valence-corrected chi connectivity index (χ1v) is 7.01. The Kier molecular flexibility index (Phi) is 4.87. The van der Waals surface area contributed by atoms with Crippen LogP contribution in [0.3, 0.4) is 0 Å². The van der Waals surface area contributed by atoms with Gasteiger partial charge in [0.2, 0.25) is 0 Å². The van der Waals surface area contributed by atoms with E-state index in [9.17, 15) is 0 Å². The van der Waals surface area contributed by atoms with E-state index in [0.29, 0.717) is 0 Å². The van der Waals surface area contributed by atoms with Crippen molar-refractivity contribution in [3.05, 3.63) is 28.8 Å². The van der Waals surface area contributed by atoms with E-state index in [4.69, 9.17) is 11.6 Å². The highest BCUT2D eigenvalue weighted by atomic mass is 35.5. The number of nitrogens with one attached hydrogen (secondary N) is 1. The molecule has 0 aromatic heterocycles. The molecule has 0 amide bonds. The third-order valence-electron chi connectivity index (χ3n) is 3.45. The van der Waals surface area contributed by atoms with Gasteiger partial charge in [-0.3, -0.25) is 0 Å². The Balaban J connectivity index is 2.15. The van der Waals surface area contributed by atoms with Crippen LogP contribution in [0.5, 0.6) is 0 Å². The molecule has 0 atom stereocenters. The Hall–Kier alpha value is -0.770. The summed E-state index contributed by atoms with van der Waals surface area (Å²) in [7, 11) is 2.18. The van der Waals surface area contributed by atoms with Crippen LogP contribution in [0.1, 0.15) is 12.5 Å². The molecule has 1 fully saturated rings. The summed E-state index contributed by atoms with van der Waals surface area (Å²) in [4.78, 5) is 4.83. The minimum absolute atomic E-state index is 0.820. The van der Waals surface area contributed by atoms with Crippen LogP contribution in [0, 0.1) is 0 Å². The van der Waals surface area contributed by atoms with Gasteiger partial charge < -0.3 is 15.1 Å². The Morgan fingerprint density at radius 2 is 1.94 bits per heavy atom. The van der Waals surface area contributed by atoms with Gasteiger partial charge in [0, 0.05) is 43.4 Å². The molecular formula is C14H22ClN3. The summed E-state index contributed by atoms with van der Waals surface area (Å²) in [6, 6.07) is 6.23. The molecule has 1 heterocycles. The standard InChI is InChI=1S/C14H22ClN3/c1-3-16-11-12-10-13(15)4-5-14(12)18-8-6-17(2)7-9-18/h4-5,10,16H,3,6-9,11H2,1-2H3. The predicted molar refractivity (Wildman–Crippen MR) is 78.5 cm³/mol. The minimum atomic E-state index is 0.820. The zero-order valence-corrected chi connectivity index (χ0v) is 12.0. The van der Waals surface area contributed by atoms with Crippen LogP contribution in [0.2, 0.25) is 5.02 Å². The van der Waals surface area contributed by atoms with Gasteiger partial charge in [0.25, 0.3) is 0 Å². The molecule has 3 nitrogen and oxygen atoms in total. The minimum Gasteiger partial charge on any atom is -0.369 e. The van der Waals surface area contributed by atoms with Gasteiger partial charge >= 0.3 is 0 Å². The number of nitrogens with zero attached hydrogens (tertiary/aromatic N) is 2.